The van der Waals surface area contributed by atoms with Gasteiger partial charge in [0.05, 0.1) is 24.8 Å². The molecule has 2 fully saturated rings. The number of allylic oxidation sites excluding steroid dienone is 4. The van der Waals surface area contributed by atoms with Crippen molar-refractivity contribution >= 4 is 17.8 Å². The van der Waals surface area contributed by atoms with Gasteiger partial charge in [-0.25, -0.2) is 23.8 Å². The smallest absolute Gasteiger partial charge is 0.320 e. The summed E-state index contributed by atoms with van der Waals surface area (Å²) in [6.07, 6.45) is 10.7. The molecule has 4 atom stereocenters. The largest absolute Gasteiger partial charge is 0.389 e. The van der Waals surface area contributed by atoms with Crippen LogP contribution in [0.2, 0.25) is 0 Å². The molecule has 0 radical (unpaired) electrons. The molecule has 1 aliphatic carbocycles. The minimum atomic E-state index is -0.505. The third-order valence-electron chi connectivity index (χ3n) is 8.18. The van der Waals surface area contributed by atoms with Gasteiger partial charge < -0.3 is 20.1 Å². The number of nitrogens with zero attached hydrogens (tertiary/aromatic N) is 6. The lowest BCUT2D eigenvalue weighted by atomic mass is 9.97. The fourth-order valence-electron chi connectivity index (χ4n) is 5.70. The lowest BCUT2D eigenvalue weighted by Gasteiger charge is -2.35. The van der Waals surface area contributed by atoms with Crippen LogP contribution < -0.4 is 15.5 Å². The average Bonchev–Trinajstić information content (AvgIpc) is 3.55. The highest BCUT2D eigenvalue weighted by Crippen LogP contribution is 2.35. The molecule has 2 aliphatic heterocycles. The Bertz CT molecular complexity index is 1520. The normalized spacial score (nSPS) is 23.6. The Hall–Kier alpha value is -4.17. The van der Waals surface area contributed by atoms with Gasteiger partial charge in [-0.1, -0.05) is 43.4 Å². The number of anilines is 2. The van der Waals surface area contributed by atoms with Gasteiger partial charge in [-0.3, -0.25) is 10.2 Å². The molecule has 13 heteroatoms. The van der Waals surface area contributed by atoms with Crippen LogP contribution in [0.1, 0.15) is 30.2 Å². The summed E-state index contributed by atoms with van der Waals surface area (Å²) in [4.78, 5) is 30.7. The molecule has 12 nitrogen and oxygen atoms in total. The van der Waals surface area contributed by atoms with Crippen molar-refractivity contribution in [3.63, 3.8) is 0 Å². The van der Waals surface area contributed by atoms with E-state index in [0.717, 1.165) is 11.1 Å². The molecule has 3 aromatic rings. The molecule has 232 valence electrons. The summed E-state index contributed by atoms with van der Waals surface area (Å²) in [7, 11) is 1.62. The minimum absolute atomic E-state index is 0.128. The summed E-state index contributed by atoms with van der Waals surface area (Å²) in [6.45, 7) is 6.43. The molecule has 6 rings (SSSR count). The summed E-state index contributed by atoms with van der Waals surface area (Å²) in [5, 5.41) is 22.5. The number of benzene rings is 1. The third kappa shape index (κ3) is 6.22. The number of nitrogens with one attached hydrogen (secondary N) is 2. The van der Waals surface area contributed by atoms with Crippen LogP contribution >= 0.6 is 0 Å². The zero-order chi connectivity index (χ0) is 30.8. The van der Waals surface area contributed by atoms with E-state index < -0.39 is 18.2 Å². The molecule has 44 heavy (non-hydrogen) atoms. The van der Waals surface area contributed by atoms with Crippen molar-refractivity contribution in [3.05, 3.63) is 77.9 Å². The van der Waals surface area contributed by atoms with Gasteiger partial charge in [0.15, 0.2) is 0 Å². The lowest BCUT2D eigenvalue weighted by molar-refractivity contribution is -0.154. The first-order valence-electron chi connectivity index (χ1n) is 14.7. The van der Waals surface area contributed by atoms with Gasteiger partial charge in [-0.05, 0) is 24.6 Å². The number of aliphatic hydroxyl groups excluding tert-OH is 1. The molecular formula is C31H37FN8O4. The van der Waals surface area contributed by atoms with E-state index in [9.17, 15) is 14.3 Å². The second-order valence-electron chi connectivity index (χ2n) is 11.4. The van der Waals surface area contributed by atoms with Crippen LogP contribution in [0.15, 0.2) is 61.0 Å². The molecule has 0 saturated carbocycles. The number of carbonyl (C=O) groups is 1. The van der Waals surface area contributed by atoms with Crippen LogP contribution in [-0.2, 0) is 9.57 Å². The quantitative estimate of drug-likeness (QED) is 0.337. The zero-order valence-electron chi connectivity index (χ0n) is 24.9. The van der Waals surface area contributed by atoms with E-state index in [1.165, 1.54) is 12.1 Å². The van der Waals surface area contributed by atoms with Crippen molar-refractivity contribution in [3.8, 4) is 11.3 Å². The molecule has 2 unspecified atom stereocenters. The number of aromatic nitrogens is 4. The Labute approximate surface area is 255 Å². The first kappa shape index (κ1) is 29.9. The van der Waals surface area contributed by atoms with E-state index in [0.29, 0.717) is 55.8 Å². The number of hydroxylamine groups is 2. The maximum absolute atomic E-state index is 13.7. The molecule has 2 saturated heterocycles. The van der Waals surface area contributed by atoms with Crippen LogP contribution in [0.25, 0.3) is 11.3 Å². The van der Waals surface area contributed by atoms with Crippen LogP contribution in [0, 0.1) is 18.7 Å². The van der Waals surface area contributed by atoms with Gasteiger partial charge in [0.1, 0.15) is 23.4 Å². The van der Waals surface area contributed by atoms with Crippen molar-refractivity contribution in [2.75, 3.05) is 50.1 Å². The number of carbonyl (C=O) groups excluding carboxylic acids is 1. The van der Waals surface area contributed by atoms with Crippen molar-refractivity contribution in [2.45, 2.75) is 38.1 Å². The summed E-state index contributed by atoms with van der Waals surface area (Å²) in [6, 6.07) is 5.14. The number of hydrogen-bond acceptors (Lipinski definition) is 9. The molecule has 2 amide bonds. The van der Waals surface area contributed by atoms with Gasteiger partial charge in [-0.15, -0.1) is 0 Å². The minimum Gasteiger partial charge on any atom is -0.389 e. The number of rotatable bonds is 9. The van der Waals surface area contributed by atoms with Gasteiger partial charge in [-0.2, -0.15) is 10.2 Å². The lowest BCUT2D eigenvalue weighted by Crippen LogP contribution is -2.51. The van der Waals surface area contributed by atoms with Crippen LogP contribution in [0.5, 0.6) is 0 Å². The number of β-amino-alcohol motifs (C(OH)–C–C–N with tert-alkyl or cyclic N) is 1. The van der Waals surface area contributed by atoms with Crippen LogP contribution in [-0.4, -0.2) is 88.0 Å². The molecule has 1 aromatic carbocycles. The number of hydrogen-bond donors (Lipinski definition) is 3. The fourth-order valence-corrected chi connectivity index (χ4v) is 5.70. The summed E-state index contributed by atoms with van der Waals surface area (Å²) >= 11 is 0. The first-order chi connectivity index (χ1) is 21.3. The topological polar surface area (TPSA) is 130 Å². The third-order valence-corrected chi connectivity index (χ3v) is 8.18. The van der Waals surface area contributed by atoms with E-state index >= 15 is 0 Å². The number of amides is 2. The van der Waals surface area contributed by atoms with Gasteiger partial charge in [0, 0.05) is 62.7 Å². The molecule has 0 spiro atoms. The van der Waals surface area contributed by atoms with Crippen molar-refractivity contribution in [1.82, 2.24) is 30.1 Å². The maximum atomic E-state index is 13.7. The standard InChI is InChI=1S/C31H37FN8O4/c1-19-6-4-5-7-26(19)40-29(20(2)27(37-40)22-14-33-30(34-15-22)38-16-24(41)17-38)36-31(42)35-25-18-39(12-13-43-3)44-28(25)21-8-10-23(32)11-9-21/h4-11,14-15,19,24-26,28,41H,12-13,16-18H2,1-3H3,(H2,35,36,42)/t19?,25-,26?,28+/m1/s1. The Kier molecular flexibility index (Phi) is 8.71. The fraction of sp³-hybridized carbons (Fsp3) is 0.419. The molecule has 3 aliphatic rings. The Morgan fingerprint density at radius 1 is 1.14 bits per heavy atom. The second kappa shape index (κ2) is 12.8. The van der Waals surface area contributed by atoms with E-state index in [1.807, 2.05) is 28.7 Å². The predicted molar refractivity (Wildman–Crippen MR) is 162 cm³/mol. The van der Waals surface area contributed by atoms with Crippen LogP contribution in [0.3, 0.4) is 0 Å². The monoisotopic (exact) mass is 604 g/mol. The summed E-state index contributed by atoms with van der Waals surface area (Å²) in [5.74, 6) is 0.896. The highest BCUT2D eigenvalue weighted by Gasteiger charge is 2.37. The molecule has 4 heterocycles. The van der Waals surface area contributed by atoms with Crippen molar-refractivity contribution in [2.24, 2.45) is 5.92 Å². The number of urea groups is 1. The van der Waals surface area contributed by atoms with E-state index in [2.05, 4.69) is 39.7 Å². The number of methoxy groups -OCH3 is 1. The highest BCUT2D eigenvalue weighted by atomic mass is 19.1. The Morgan fingerprint density at radius 3 is 2.55 bits per heavy atom. The maximum Gasteiger partial charge on any atom is 0.320 e. The molecule has 3 N–H and O–H groups in total. The zero-order valence-corrected chi connectivity index (χ0v) is 24.9. The van der Waals surface area contributed by atoms with Gasteiger partial charge in [0.25, 0.3) is 0 Å². The second-order valence-corrected chi connectivity index (χ2v) is 11.4. The van der Waals surface area contributed by atoms with Crippen molar-refractivity contribution in [1.29, 1.82) is 0 Å². The van der Waals surface area contributed by atoms with E-state index in [1.54, 1.807) is 36.7 Å². The Balaban J connectivity index is 1.25. The predicted octanol–water partition coefficient (Wildman–Crippen LogP) is 3.40. The van der Waals surface area contributed by atoms with Crippen molar-refractivity contribution < 1.29 is 23.9 Å². The molecule has 0 bridgehead atoms. The van der Waals surface area contributed by atoms with Crippen LogP contribution in [0.4, 0.5) is 21.0 Å². The van der Waals surface area contributed by atoms with Gasteiger partial charge in [0.2, 0.25) is 5.95 Å². The van der Waals surface area contributed by atoms with E-state index in [4.69, 9.17) is 14.7 Å². The number of ether oxygens (including phenoxy) is 1. The number of aliphatic hydroxyl groups is 1. The SMILES string of the molecule is COCCN1C[C@@H](NC(=O)Nc2c(C)c(-c3cnc(N4CC(O)C4)nc3)nn2C2C=CC=CC2C)[C@H](c2ccc(F)cc2)O1. The average molecular weight is 605 g/mol. The van der Waals surface area contributed by atoms with E-state index in [-0.39, 0.29) is 23.9 Å². The Morgan fingerprint density at radius 2 is 1.86 bits per heavy atom. The molecule has 2 aromatic heterocycles. The number of halogens is 1. The summed E-state index contributed by atoms with van der Waals surface area (Å²) in [5.41, 5.74) is 2.89. The summed E-state index contributed by atoms with van der Waals surface area (Å²) < 4.78 is 20.7. The molecular weight excluding hydrogens is 567 g/mol. The highest BCUT2D eigenvalue weighted by molar-refractivity contribution is 5.90. The van der Waals surface area contributed by atoms with Gasteiger partial charge >= 0.3 is 6.03 Å². The first-order valence-corrected chi connectivity index (χ1v) is 14.7.